The quantitative estimate of drug-likeness (QED) is 0.400. The first kappa shape index (κ1) is 24.1. The summed E-state index contributed by atoms with van der Waals surface area (Å²) in [5.74, 6) is 1.41. The largest absolute Gasteiger partial charge is 0.497 e. The molecule has 2 aromatic heterocycles. The maximum atomic E-state index is 13.3. The Bertz CT molecular complexity index is 1400. The molecule has 2 heterocycles. The molecule has 0 aliphatic carbocycles. The van der Waals surface area contributed by atoms with Crippen LogP contribution in [-0.4, -0.2) is 33.8 Å². The van der Waals surface area contributed by atoms with Crippen LogP contribution < -0.4 is 20.3 Å². The highest BCUT2D eigenvalue weighted by Gasteiger charge is 2.17. The van der Waals surface area contributed by atoms with Gasteiger partial charge in [0, 0.05) is 42.9 Å². The number of fused-ring (bicyclic) bond motifs is 1. The second-order valence-corrected chi connectivity index (χ2v) is 8.31. The van der Waals surface area contributed by atoms with Crippen molar-refractivity contribution >= 4 is 11.6 Å². The van der Waals surface area contributed by atoms with E-state index >= 15 is 0 Å². The number of carbonyl (C=O) groups excluding carboxylic acids is 1. The van der Waals surface area contributed by atoms with Crippen LogP contribution in [0.2, 0.25) is 0 Å². The molecule has 0 spiro atoms. The lowest BCUT2D eigenvalue weighted by Crippen LogP contribution is -2.27. The summed E-state index contributed by atoms with van der Waals surface area (Å²) in [6.45, 7) is 4.87. The van der Waals surface area contributed by atoms with Crippen LogP contribution in [-0.2, 0) is 24.8 Å². The Hall–Kier alpha value is -4.07. The highest BCUT2D eigenvalue weighted by Crippen LogP contribution is 2.24. The van der Waals surface area contributed by atoms with Crippen molar-refractivity contribution in [1.82, 2.24) is 19.5 Å². The number of methoxy groups -OCH3 is 1. The Morgan fingerprint density at radius 1 is 1.09 bits per heavy atom. The van der Waals surface area contributed by atoms with Gasteiger partial charge in [-0.25, -0.2) is 0 Å². The van der Waals surface area contributed by atoms with Crippen molar-refractivity contribution < 1.29 is 14.3 Å². The molecular weight excluding hydrogens is 444 g/mol. The van der Waals surface area contributed by atoms with Gasteiger partial charge in [-0.1, -0.05) is 24.3 Å². The molecule has 0 aliphatic heterocycles. The van der Waals surface area contributed by atoms with Gasteiger partial charge in [-0.05, 0) is 50.1 Å². The number of nitrogens with one attached hydrogen (secondary N) is 1. The number of hydrogen-bond acceptors (Lipinski definition) is 5. The van der Waals surface area contributed by atoms with Crippen molar-refractivity contribution in [1.29, 1.82) is 0 Å². The van der Waals surface area contributed by atoms with E-state index < -0.39 is 0 Å². The molecule has 0 bridgehead atoms. The average molecular weight is 475 g/mol. The number of benzene rings is 2. The standard InChI is InChI=1S/C27H30N4O4/c1-5-35-21-11-9-19(10-12-21)17-28-25(32)14-13-23-18(2)30(3)26-16-24(29-31(26)27(23)33)20-7-6-8-22(15-20)34-4/h6-12,15-16H,5,13-14,17H2,1-4H3,(H,28,32). The Balaban J connectivity index is 1.49. The number of hydrogen-bond donors (Lipinski definition) is 1. The zero-order chi connectivity index (χ0) is 24.9. The van der Waals surface area contributed by atoms with Crippen molar-refractivity contribution in [3.63, 3.8) is 0 Å². The molecule has 0 radical (unpaired) electrons. The summed E-state index contributed by atoms with van der Waals surface area (Å²) in [6.07, 6.45) is 0.542. The van der Waals surface area contributed by atoms with Crippen LogP contribution in [0.3, 0.4) is 0 Å². The molecular formula is C27H30N4O4. The van der Waals surface area contributed by atoms with Crippen molar-refractivity contribution in [3.05, 3.63) is 81.8 Å². The number of nitrogens with zero attached hydrogens (tertiary/aromatic N) is 3. The van der Waals surface area contributed by atoms with Gasteiger partial charge in [0.15, 0.2) is 0 Å². The van der Waals surface area contributed by atoms with Crippen LogP contribution in [0.5, 0.6) is 11.5 Å². The molecule has 8 heteroatoms. The molecule has 0 fully saturated rings. The molecule has 0 unspecified atom stereocenters. The van der Waals surface area contributed by atoms with Gasteiger partial charge in [0.05, 0.1) is 19.4 Å². The molecule has 4 rings (SSSR count). The van der Waals surface area contributed by atoms with E-state index in [1.54, 1.807) is 7.11 Å². The first-order valence-corrected chi connectivity index (χ1v) is 11.6. The van der Waals surface area contributed by atoms with Crippen molar-refractivity contribution in [2.45, 2.75) is 33.2 Å². The maximum Gasteiger partial charge on any atom is 0.277 e. The Morgan fingerprint density at radius 2 is 1.86 bits per heavy atom. The summed E-state index contributed by atoms with van der Waals surface area (Å²) in [4.78, 5) is 25.8. The lowest BCUT2D eigenvalue weighted by Gasteiger charge is -2.12. The molecule has 0 saturated heterocycles. The third-order valence-electron chi connectivity index (χ3n) is 6.12. The van der Waals surface area contributed by atoms with Crippen molar-refractivity contribution in [2.24, 2.45) is 7.05 Å². The molecule has 35 heavy (non-hydrogen) atoms. The Labute approximate surface area is 204 Å². The topological polar surface area (TPSA) is 86.9 Å². The predicted octanol–water partition coefficient (Wildman–Crippen LogP) is 3.66. The van der Waals surface area contributed by atoms with E-state index in [2.05, 4.69) is 10.4 Å². The number of aryl methyl sites for hydroxylation is 1. The highest BCUT2D eigenvalue weighted by atomic mass is 16.5. The molecule has 0 atom stereocenters. The van der Waals surface area contributed by atoms with Gasteiger partial charge in [-0.2, -0.15) is 9.61 Å². The zero-order valence-electron chi connectivity index (χ0n) is 20.5. The van der Waals surface area contributed by atoms with E-state index in [0.29, 0.717) is 36.5 Å². The van der Waals surface area contributed by atoms with Gasteiger partial charge in [0.25, 0.3) is 5.56 Å². The van der Waals surface area contributed by atoms with E-state index in [1.807, 2.05) is 80.1 Å². The van der Waals surface area contributed by atoms with Crippen molar-refractivity contribution in [3.8, 4) is 22.8 Å². The second-order valence-electron chi connectivity index (χ2n) is 8.31. The number of ether oxygens (including phenoxy) is 2. The van der Waals surface area contributed by atoms with Crippen LogP contribution in [0, 0.1) is 6.92 Å². The van der Waals surface area contributed by atoms with E-state index in [0.717, 1.165) is 28.3 Å². The summed E-state index contributed by atoms with van der Waals surface area (Å²) < 4.78 is 14.1. The fourth-order valence-corrected chi connectivity index (χ4v) is 4.03. The monoisotopic (exact) mass is 474 g/mol. The fraction of sp³-hybridized carbons (Fsp3) is 0.296. The lowest BCUT2D eigenvalue weighted by atomic mass is 10.1. The minimum atomic E-state index is -0.205. The molecule has 1 amide bonds. The minimum absolute atomic E-state index is 0.113. The first-order chi connectivity index (χ1) is 16.9. The van der Waals surface area contributed by atoms with Crippen LogP contribution in [0.1, 0.15) is 30.2 Å². The van der Waals surface area contributed by atoms with Gasteiger partial charge in [-0.3, -0.25) is 9.59 Å². The van der Waals surface area contributed by atoms with Crippen LogP contribution in [0.25, 0.3) is 16.9 Å². The van der Waals surface area contributed by atoms with Crippen LogP contribution >= 0.6 is 0 Å². The normalized spacial score (nSPS) is 11.0. The van der Waals surface area contributed by atoms with E-state index in [4.69, 9.17) is 9.47 Å². The van der Waals surface area contributed by atoms with Gasteiger partial charge in [0.1, 0.15) is 17.1 Å². The van der Waals surface area contributed by atoms with Gasteiger partial charge < -0.3 is 19.4 Å². The van der Waals surface area contributed by atoms with Crippen LogP contribution in [0.4, 0.5) is 0 Å². The fourth-order valence-electron chi connectivity index (χ4n) is 4.03. The van der Waals surface area contributed by atoms with Gasteiger partial charge in [-0.15, -0.1) is 0 Å². The van der Waals surface area contributed by atoms with Crippen LogP contribution in [0.15, 0.2) is 59.4 Å². The molecule has 0 aliphatic rings. The summed E-state index contributed by atoms with van der Waals surface area (Å²) >= 11 is 0. The van der Waals surface area contributed by atoms with Gasteiger partial charge in [0.2, 0.25) is 5.91 Å². The molecule has 4 aromatic rings. The molecule has 1 N–H and O–H groups in total. The molecule has 8 nitrogen and oxygen atoms in total. The number of aromatic nitrogens is 3. The Morgan fingerprint density at radius 3 is 2.57 bits per heavy atom. The predicted molar refractivity (Wildman–Crippen MR) is 135 cm³/mol. The Kier molecular flexibility index (Phi) is 7.19. The summed E-state index contributed by atoms with van der Waals surface area (Å²) in [5, 5.41) is 7.49. The SMILES string of the molecule is CCOc1ccc(CNC(=O)CCc2c(C)n(C)c3cc(-c4cccc(OC)c4)nn3c2=O)cc1. The highest BCUT2D eigenvalue weighted by molar-refractivity contribution is 5.76. The zero-order valence-corrected chi connectivity index (χ0v) is 20.5. The molecule has 182 valence electrons. The second kappa shape index (κ2) is 10.5. The maximum absolute atomic E-state index is 13.3. The number of carbonyl (C=O) groups is 1. The third-order valence-corrected chi connectivity index (χ3v) is 6.12. The van der Waals surface area contributed by atoms with Gasteiger partial charge >= 0.3 is 0 Å². The number of amides is 1. The van der Waals surface area contributed by atoms with E-state index in [-0.39, 0.29) is 17.9 Å². The van der Waals surface area contributed by atoms with E-state index in [1.165, 1.54) is 4.52 Å². The number of rotatable bonds is 9. The van der Waals surface area contributed by atoms with Crippen molar-refractivity contribution in [2.75, 3.05) is 13.7 Å². The summed E-state index contributed by atoms with van der Waals surface area (Å²) in [5.41, 5.74) is 4.41. The van der Waals surface area contributed by atoms with E-state index in [9.17, 15) is 9.59 Å². The smallest absolute Gasteiger partial charge is 0.277 e. The molecule has 2 aromatic carbocycles. The first-order valence-electron chi connectivity index (χ1n) is 11.6. The lowest BCUT2D eigenvalue weighted by molar-refractivity contribution is -0.121. The summed E-state index contributed by atoms with van der Waals surface area (Å²) in [7, 11) is 3.51. The molecule has 0 saturated carbocycles. The average Bonchev–Trinajstić information content (AvgIpc) is 3.33. The third kappa shape index (κ3) is 5.21. The minimum Gasteiger partial charge on any atom is -0.497 e. The summed E-state index contributed by atoms with van der Waals surface area (Å²) in [6, 6.07) is 17.1.